The molecule has 15 heavy (non-hydrogen) atoms. The molecule has 1 aromatic rings. The monoisotopic (exact) mass is 220 g/mol. The number of hydrogen-bond donors (Lipinski definition) is 0. The number of benzene rings is 1. The maximum atomic E-state index is 5.67. The Morgan fingerprint density at radius 1 is 1.33 bits per heavy atom. The van der Waals surface area contributed by atoms with Gasteiger partial charge >= 0.3 is 0 Å². The van der Waals surface area contributed by atoms with E-state index in [-0.39, 0.29) is 0 Å². The van der Waals surface area contributed by atoms with Gasteiger partial charge in [0, 0.05) is 6.42 Å². The van der Waals surface area contributed by atoms with Crippen LogP contribution in [0.5, 0.6) is 0 Å². The Balaban J connectivity index is 2.23. The quantitative estimate of drug-likeness (QED) is 0.529. The molecular weight excluding hydrogens is 200 g/mol. The normalized spacial score (nSPS) is 11.1. The summed E-state index contributed by atoms with van der Waals surface area (Å²) in [6, 6.07) is 10.5. The van der Waals surface area contributed by atoms with Crippen molar-refractivity contribution < 1.29 is 4.43 Å². The first-order valence-corrected chi connectivity index (χ1v) is 6.92. The van der Waals surface area contributed by atoms with Gasteiger partial charge in [0.2, 0.25) is 9.76 Å². The van der Waals surface area contributed by atoms with Gasteiger partial charge in [0.15, 0.2) is 0 Å². The lowest BCUT2D eigenvalue weighted by Gasteiger charge is -2.11. The van der Waals surface area contributed by atoms with Crippen LogP contribution >= 0.6 is 0 Å². The highest BCUT2D eigenvalue weighted by atomic mass is 28.2. The molecule has 0 saturated heterocycles. The molecule has 0 radical (unpaired) electrons. The summed E-state index contributed by atoms with van der Waals surface area (Å²) >= 11 is 0. The second-order valence-corrected chi connectivity index (χ2v) is 6.48. The van der Waals surface area contributed by atoms with Gasteiger partial charge in [0.25, 0.3) is 0 Å². The van der Waals surface area contributed by atoms with Gasteiger partial charge in [0.1, 0.15) is 0 Å². The van der Waals surface area contributed by atoms with Crippen molar-refractivity contribution in [3.63, 3.8) is 0 Å². The number of hydrogen-bond acceptors (Lipinski definition) is 1. The predicted molar refractivity (Wildman–Crippen MR) is 68.6 cm³/mol. The molecule has 0 heterocycles. The standard InChI is InChI=1S/C13H20OSi/c1-11(2)15-14-12(3)9-10-13-7-5-4-6-8-13/h4-8,11H,3,9-10,15H2,1-2H3. The van der Waals surface area contributed by atoms with E-state index in [1.807, 2.05) is 6.07 Å². The third-order valence-electron chi connectivity index (χ3n) is 2.16. The minimum Gasteiger partial charge on any atom is -0.552 e. The summed E-state index contributed by atoms with van der Waals surface area (Å²) in [5.74, 6) is 0.958. The van der Waals surface area contributed by atoms with E-state index in [2.05, 4.69) is 44.7 Å². The highest BCUT2D eigenvalue weighted by molar-refractivity contribution is 6.29. The second kappa shape index (κ2) is 6.46. The van der Waals surface area contributed by atoms with Crippen molar-refractivity contribution in [2.45, 2.75) is 32.2 Å². The second-order valence-electron chi connectivity index (χ2n) is 4.23. The molecule has 1 nitrogen and oxygen atoms in total. The van der Waals surface area contributed by atoms with Crippen LogP contribution in [0.3, 0.4) is 0 Å². The van der Waals surface area contributed by atoms with Crippen LogP contribution in [0.25, 0.3) is 0 Å². The van der Waals surface area contributed by atoms with Crippen molar-refractivity contribution in [2.75, 3.05) is 0 Å². The molecule has 0 amide bonds. The van der Waals surface area contributed by atoms with Gasteiger partial charge < -0.3 is 4.43 Å². The van der Waals surface area contributed by atoms with E-state index < -0.39 is 9.76 Å². The van der Waals surface area contributed by atoms with Crippen LogP contribution in [0.2, 0.25) is 5.54 Å². The third-order valence-corrected chi connectivity index (χ3v) is 3.40. The van der Waals surface area contributed by atoms with Crippen LogP contribution in [-0.4, -0.2) is 9.76 Å². The van der Waals surface area contributed by atoms with Crippen molar-refractivity contribution in [2.24, 2.45) is 0 Å². The van der Waals surface area contributed by atoms with Gasteiger partial charge in [-0.15, -0.1) is 0 Å². The summed E-state index contributed by atoms with van der Waals surface area (Å²) in [5, 5.41) is 0. The van der Waals surface area contributed by atoms with E-state index in [9.17, 15) is 0 Å². The van der Waals surface area contributed by atoms with Crippen LogP contribution in [0.4, 0.5) is 0 Å². The molecule has 2 heteroatoms. The molecule has 1 aromatic carbocycles. The average molecular weight is 220 g/mol. The molecule has 0 bridgehead atoms. The van der Waals surface area contributed by atoms with Gasteiger partial charge in [-0.25, -0.2) is 0 Å². The zero-order chi connectivity index (χ0) is 11.1. The minimum atomic E-state index is -0.401. The predicted octanol–water partition coefficient (Wildman–Crippen LogP) is 3.06. The van der Waals surface area contributed by atoms with Crippen molar-refractivity contribution >= 4 is 9.76 Å². The Kier molecular flexibility index (Phi) is 5.19. The molecule has 82 valence electrons. The molecule has 0 saturated carbocycles. The van der Waals surface area contributed by atoms with E-state index in [4.69, 9.17) is 4.43 Å². The van der Waals surface area contributed by atoms with Gasteiger partial charge in [-0.05, 0) is 17.5 Å². The lowest BCUT2D eigenvalue weighted by Crippen LogP contribution is -2.02. The minimum absolute atomic E-state index is 0.401. The van der Waals surface area contributed by atoms with Crippen molar-refractivity contribution in [3.05, 3.63) is 48.2 Å². The molecule has 1 rings (SSSR count). The Hall–Kier alpha value is -1.02. The molecule has 0 aliphatic rings. The van der Waals surface area contributed by atoms with Crippen LogP contribution in [0.1, 0.15) is 25.8 Å². The van der Waals surface area contributed by atoms with Crippen molar-refractivity contribution in [3.8, 4) is 0 Å². The fraction of sp³-hybridized carbons (Fsp3) is 0.385. The van der Waals surface area contributed by atoms with Crippen LogP contribution < -0.4 is 0 Å². The van der Waals surface area contributed by atoms with Crippen LogP contribution in [0, 0.1) is 0 Å². The third kappa shape index (κ3) is 5.43. The highest BCUT2D eigenvalue weighted by Crippen LogP contribution is 2.10. The van der Waals surface area contributed by atoms with E-state index in [1.165, 1.54) is 5.56 Å². The first-order chi connectivity index (χ1) is 7.18. The van der Waals surface area contributed by atoms with E-state index in [0.717, 1.165) is 18.6 Å². The Morgan fingerprint density at radius 3 is 2.60 bits per heavy atom. The summed E-state index contributed by atoms with van der Waals surface area (Å²) in [4.78, 5) is 0. The molecule has 0 aliphatic carbocycles. The summed E-state index contributed by atoms with van der Waals surface area (Å²) < 4.78 is 5.67. The zero-order valence-corrected chi connectivity index (χ0v) is 11.1. The van der Waals surface area contributed by atoms with E-state index in [0.29, 0.717) is 5.54 Å². The van der Waals surface area contributed by atoms with Gasteiger partial charge in [-0.2, -0.15) is 0 Å². The molecule has 0 aromatic heterocycles. The smallest absolute Gasteiger partial charge is 0.221 e. The summed E-state index contributed by atoms with van der Waals surface area (Å²) in [5.41, 5.74) is 2.06. The van der Waals surface area contributed by atoms with Gasteiger partial charge in [0.05, 0.1) is 5.76 Å². The van der Waals surface area contributed by atoms with Crippen molar-refractivity contribution in [1.82, 2.24) is 0 Å². The van der Waals surface area contributed by atoms with E-state index in [1.54, 1.807) is 0 Å². The Bertz CT molecular complexity index is 293. The summed E-state index contributed by atoms with van der Waals surface area (Å²) in [6.45, 7) is 8.36. The molecule has 0 fully saturated rings. The van der Waals surface area contributed by atoms with Crippen LogP contribution in [-0.2, 0) is 10.8 Å². The zero-order valence-electron chi connectivity index (χ0n) is 9.70. The summed E-state index contributed by atoms with van der Waals surface area (Å²) in [6.07, 6.45) is 1.98. The fourth-order valence-electron chi connectivity index (χ4n) is 1.29. The summed E-state index contributed by atoms with van der Waals surface area (Å²) in [7, 11) is -0.401. The van der Waals surface area contributed by atoms with E-state index >= 15 is 0 Å². The van der Waals surface area contributed by atoms with Gasteiger partial charge in [-0.1, -0.05) is 50.8 Å². The average Bonchev–Trinajstić information content (AvgIpc) is 2.25. The molecule has 0 spiro atoms. The lowest BCUT2D eigenvalue weighted by atomic mass is 10.1. The molecule has 0 atom stereocenters. The van der Waals surface area contributed by atoms with Gasteiger partial charge in [-0.3, -0.25) is 0 Å². The maximum absolute atomic E-state index is 5.67. The molecule has 0 N–H and O–H groups in total. The Morgan fingerprint density at radius 2 is 2.00 bits per heavy atom. The maximum Gasteiger partial charge on any atom is 0.221 e. The number of rotatable bonds is 6. The van der Waals surface area contributed by atoms with Crippen molar-refractivity contribution in [1.29, 1.82) is 0 Å². The lowest BCUT2D eigenvalue weighted by molar-refractivity contribution is 0.423. The number of aryl methyl sites for hydroxylation is 1. The topological polar surface area (TPSA) is 9.23 Å². The highest BCUT2D eigenvalue weighted by Gasteiger charge is 2.00. The largest absolute Gasteiger partial charge is 0.552 e. The SMILES string of the molecule is C=C(CCc1ccccc1)O[SiH2]C(C)C. The molecule has 0 unspecified atom stereocenters. The molecular formula is C13H20OSi. The molecule has 0 aliphatic heterocycles. The number of allylic oxidation sites excluding steroid dienone is 1. The first kappa shape index (κ1) is 12.0. The fourth-order valence-corrected chi connectivity index (χ4v) is 2.00. The van der Waals surface area contributed by atoms with Crippen LogP contribution in [0.15, 0.2) is 42.7 Å². The first-order valence-electron chi connectivity index (χ1n) is 5.53. The Labute approximate surface area is 95.1 Å².